The Hall–Kier alpha value is -3.69. The highest BCUT2D eigenvalue weighted by molar-refractivity contribution is 6.21. The van der Waals surface area contributed by atoms with Crippen molar-refractivity contribution in [1.82, 2.24) is 10.2 Å². The molecule has 1 N–H and O–H groups in total. The Morgan fingerprint density at radius 1 is 0.933 bits per heavy atom. The molecule has 1 aliphatic rings. The number of imide groups is 1. The van der Waals surface area contributed by atoms with Gasteiger partial charge >= 0.3 is 12.1 Å². The summed E-state index contributed by atoms with van der Waals surface area (Å²) in [7, 11) is 0. The van der Waals surface area contributed by atoms with Gasteiger partial charge in [-0.1, -0.05) is 24.3 Å². The van der Waals surface area contributed by atoms with E-state index in [1.54, 1.807) is 29.6 Å². The summed E-state index contributed by atoms with van der Waals surface area (Å²) in [5, 5.41) is 1.58. The van der Waals surface area contributed by atoms with Gasteiger partial charge in [-0.25, -0.2) is 4.79 Å². The summed E-state index contributed by atoms with van der Waals surface area (Å²) < 4.78 is 40.7. The van der Waals surface area contributed by atoms with E-state index in [1.165, 1.54) is 24.3 Å². The molecule has 0 saturated carbocycles. The first-order valence-corrected chi connectivity index (χ1v) is 8.70. The molecule has 10 heteroatoms. The zero-order chi connectivity index (χ0) is 21.9. The highest BCUT2D eigenvalue weighted by Crippen LogP contribution is 2.24. The molecule has 2 aromatic carbocycles. The maximum absolute atomic E-state index is 12.4. The quantitative estimate of drug-likeness (QED) is 0.572. The van der Waals surface area contributed by atoms with E-state index < -0.39 is 43.0 Å². The molecule has 0 fully saturated rings. The van der Waals surface area contributed by atoms with Crippen molar-refractivity contribution in [3.63, 3.8) is 0 Å². The average molecular weight is 420 g/mol. The molecule has 30 heavy (non-hydrogen) atoms. The van der Waals surface area contributed by atoms with Crippen LogP contribution in [0.2, 0.25) is 0 Å². The molecule has 0 saturated heterocycles. The number of fused-ring (bicyclic) bond motifs is 1. The Balaban J connectivity index is 1.55. The zero-order valence-electron chi connectivity index (χ0n) is 15.4. The number of ether oxygens (including phenoxy) is 1. The molecule has 1 aliphatic heterocycles. The summed E-state index contributed by atoms with van der Waals surface area (Å²) in [5.74, 6) is -2.81. The van der Waals surface area contributed by atoms with E-state index in [9.17, 15) is 32.3 Å². The van der Waals surface area contributed by atoms with Gasteiger partial charge in [-0.15, -0.1) is 0 Å². The predicted molar refractivity (Wildman–Crippen MR) is 96.4 cm³/mol. The molecule has 0 radical (unpaired) electrons. The minimum absolute atomic E-state index is 0.00151. The number of carbonyl (C=O) groups excluding carboxylic acids is 4. The van der Waals surface area contributed by atoms with Crippen molar-refractivity contribution in [2.24, 2.45) is 0 Å². The number of carbonyl (C=O) groups is 4. The second kappa shape index (κ2) is 8.36. The fraction of sp³-hybridized carbons (Fsp3) is 0.200. The lowest BCUT2D eigenvalue weighted by molar-refractivity contribution is -0.140. The fourth-order valence-corrected chi connectivity index (χ4v) is 2.78. The molecule has 3 amide bonds. The van der Waals surface area contributed by atoms with Crippen LogP contribution in [0.25, 0.3) is 0 Å². The maximum atomic E-state index is 12.4. The summed E-state index contributed by atoms with van der Waals surface area (Å²) in [4.78, 5) is 49.0. The molecule has 0 atom stereocenters. The normalized spacial score (nSPS) is 13.2. The number of rotatable bonds is 6. The molecule has 0 aromatic heterocycles. The number of amides is 3. The van der Waals surface area contributed by atoms with Crippen molar-refractivity contribution in [2.45, 2.75) is 12.7 Å². The monoisotopic (exact) mass is 420 g/mol. The minimum Gasteiger partial charge on any atom is -0.452 e. The molecule has 156 valence electrons. The number of halogens is 3. The molecule has 0 bridgehead atoms. The number of benzene rings is 2. The summed E-state index contributed by atoms with van der Waals surface area (Å²) >= 11 is 0. The Labute approximate surface area is 168 Å². The predicted octanol–water partition coefficient (Wildman–Crippen LogP) is 2.32. The van der Waals surface area contributed by atoms with E-state index in [2.05, 4.69) is 4.74 Å². The number of esters is 1. The van der Waals surface area contributed by atoms with Crippen LogP contribution in [0, 0.1) is 0 Å². The van der Waals surface area contributed by atoms with Crippen LogP contribution in [-0.4, -0.2) is 47.9 Å². The summed E-state index contributed by atoms with van der Waals surface area (Å²) in [5.41, 5.74) is 1.28. The standard InChI is InChI=1S/C20H15F3N2O5/c21-20(22,23)11-24-16(26)10-30-19(29)13-7-5-12(6-8-13)9-25-17(27)14-3-1-2-4-15(14)18(25)28/h1-8H,9-11H2,(H,24,26). The molecule has 3 rings (SSSR count). The topological polar surface area (TPSA) is 92.8 Å². The van der Waals surface area contributed by atoms with Gasteiger partial charge in [0.05, 0.1) is 23.2 Å². The van der Waals surface area contributed by atoms with Crippen molar-refractivity contribution >= 4 is 23.7 Å². The van der Waals surface area contributed by atoms with Crippen LogP contribution in [0.15, 0.2) is 48.5 Å². The molecular formula is C20H15F3N2O5. The van der Waals surface area contributed by atoms with E-state index in [0.717, 1.165) is 4.90 Å². The van der Waals surface area contributed by atoms with Gasteiger partial charge in [-0.05, 0) is 29.8 Å². The third kappa shape index (κ3) is 4.83. The lowest BCUT2D eigenvalue weighted by Crippen LogP contribution is -2.36. The van der Waals surface area contributed by atoms with Crippen LogP contribution in [0.3, 0.4) is 0 Å². The van der Waals surface area contributed by atoms with Gasteiger partial charge < -0.3 is 10.1 Å². The van der Waals surface area contributed by atoms with E-state index in [1.807, 2.05) is 0 Å². The molecule has 0 spiro atoms. The van der Waals surface area contributed by atoms with Gasteiger partial charge in [0, 0.05) is 0 Å². The maximum Gasteiger partial charge on any atom is 0.405 e. The van der Waals surface area contributed by atoms with E-state index >= 15 is 0 Å². The molecule has 0 unspecified atom stereocenters. The van der Waals surface area contributed by atoms with Gasteiger partial charge in [-0.3, -0.25) is 19.3 Å². The van der Waals surface area contributed by atoms with Crippen LogP contribution in [0.5, 0.6) is 0 Å². The van der Waals surface area contributed by atoms with E-state index in [4.69, 9.17) is 0 Å². The summed E-state index contributed by atoms with van der Waals surface area (Å²) in [6.45, 7) is -2.37. The van der Waals surface area contributed by atoms with Crippen molar-refractivity contribution in [1.29, 1.82) is 0 Å². The third-order valence-corrected chi connectivity index (χ3v) is 4.23. The first kappa shape index (κ1) is 21.0. The second-order valence-corrected chi connectivity index (χ2v) is 6.41. The van der Waals surface area contributed by atoms with Crippen LogP contribution < -0.4 is 5.32 Å². The smallest absolute Gasteiger partial charge is 0.405 e. The van der Waals surface area contributed by atoms with Gasteiger partial charge in [0.2, 0.25) is 0 Å². The molecule has 2 aromatic rings. The fourth-order valence-electron chi connectivity index (χ4n) is 2.78. The molecule has 7 nitrogen and oxygen atoms in total. The van der Waals surface area contributed by atoms with Crippen LogP contribution in [-0.2, 0) is 16.1 Å². The van der Waals surface area contributed by atoms with Crippen molar-refractivity contribution in [2.75, 3.05) is 13.2 Å². The first-order valence-electron chi connectivity index (χ1n) is 8.70. The van der Waals surface area contributed by atoms with Gasteiger partial charge in [0.15, 0.2) is 6.61 Å². The van der Waals surface area contributed by atoms with E-state index in [0.29, 0.717) is 16.7 Å². The van der Waals surface area contributed by atoms with E-state index in [-0.39, 0.29) is 12.1 Å². The average Bonchev–Trinajstić information content (AvgIpc) is 2.95. The second-order valence-electron chi connectivity index (χ2n) is 6.41. The van der Waals surface area contributed by atoms with Crippen molar-refractivity contribution < 1.29 is 37.1 Å². The van der Waals surface area contributed by atoms with Gasteiger partial charge in [0.25, 0.3) is 17.7 Å². The van der Waals surface area contributed by atoms with Gasteiger partial charge in [0.1, 0.15) is 6.54 Å². The number of nitrogens with one attached hydrogen (secondary N) is 1. The number of alkyl halides is 3. The lowest BCUT2D eigenvalue weighted by Gasteiger charge is -2.14. The molecule has 1 heterocycles. The van der Waals surface area contributed by atoms with Crippen LogP contribution in [0.4, 0.5) is 13.2 Å². The summed E-state index contributed by atoms with van der Waals surface area (Å²) in [6, 6.07) is 12.2. The molecule has 0 aliphatic carbocycles. The number of hydrogen-bond acceptors (Lipinski definition) is 5. The minimum atomic E-state index is -4.56. The highest BCUT2D eigenvalue weighted by atomic mass is 19.4. The van der Waals surface area contributed by atoms with Crippen LogP contribution >= 0.6 is 0 Å². The summed E-state index contributed by atoms with van der Waals surface area (Å²) in [6.07, 6.45) is -4.56. The van der Waals surface area contributed by atoms with Crippen molar-refractivity contribution in [3.8, 4) is 0 Å². The van der Waals surface area contributed by atoms with Crippen LogP contribution in [0.1, 0.15) is 36.6 Å². The number of hydrogen-bond donors (Lipinski definition) is 1. The van der Waals surface area contributed by atoms with Crippen molar-refractivity contribution in [3.05, 3.63) is 70.8 Å². The largest absolute Gasteiger partial charge is 0.452 e. The Morgan fingerprint density at radius 3 is 2.03 bits per heavy atom. The Kier molecular flexibility index (Phi) is 5.86. The third-order valence-electron chi connectivity index (χ3n) is 4.23. The SMILES string of the molecule is O=C(COC(=O)c1ccc(CN2C(=O)c3ccccc3C2=O)cc1)NCC(F)(F)F. The number of nitrogens with zero attached hydrogens (tertiary/aromatic N) is 1. The Morgan fingerprint density at radius 2 is 1.50 bits per heavy atom. The lowest BCUT2D eigenvalue weighted by atomic mass is 10.1. The van der Waals surface area contributed by atoms with Gasteiger partial charge in [-0.2, -0.15) is 13.2 Å². The zero-order valence-corrected chi connectivity index (χ0v) is 15.4. The highest BCUT2D eigenvalue weighted by Gasteiger charge is 2.35. The Bertz CT molecular complexity index is 967. The first-order chi connectivity index (χ1) is 14.2. The molecular weight excluding hydrogens is 405 g/mol.